The number of ether oxygens (including phenoxy) is 2. The molecule has 1 aromatic heterocycles. The first kappa shape index (κ1) is 22.6. The fraction of sp³-hybridized carbons (Fsp3) is 0.542. The van der Waals surface area contributed by atoms with E-state index < -0.39 is 0 Å². The summed E-state index contributed by atoms with van der Waals surface area (Å²) >= 11 is 1.82. The molecule has 1 fully saturated rings. The molecule has 2 aromatic rings. The summed E-state index contributed by atoms with van der Waals surface area (Å²) in [6.45, 7) is 8.97. The lowest BCUT2D eigenvalue weighted by atomic mass is 9.74. The van der Waals surface area contributed by atoms with E-state index in [-0.39, 0.29) is 5.41 Å². The second kappa shape index (κ2) is 11.4. The van der Waals surface area contributed by atoms with Crippen LogP contribution in [-0.4, -0.2) is 57.4 Å². The van der Waals surface area contributed by atoms with Crippen LogP contribution in [0.3, 0.4) is 0 Å². The summed E-state index contributed by atoms with van der Waals surface area (Å²) in [7, 11) is 2.13. The summed E-state index contributed by atoms with van der Waals surface area (Å²) < 4.78 is 11.3. The highest BCUT2D eigenvalue weighted by molar-refractivity contribution is 7.09. The van der Waals surface area contributed by atoms with Gasteiger partial charge in [-0.25, -0.2) is 0 Å². The average Bonchev–Trinajstić information content (AvgIpc) is 3.30. The van der Waals surface area contributed by atoms with Gasteiger partial charge in [0.05, 0.1) is 13.2 Å². The van der Waals surface area contributed by atoms with Gasteiger partial charge in [-0.1, -0.05) is 18.2 Å². The van der Waals surface area contributed by atoms with Crippen LogP contribution in [0, 0.1) is 0 Å². The Morgan fingerprint density at radius 1 is 1.20 bits per heavy atom. The highest BCUT2D eigenvalue weighted by Gasteiger charge is 2.34. The summed E-state index contributed by atoms with van der Waals surface area (Å²) in [4.78, 5) is 8.75. The lowest BCUT2D eigenvalue weighted by Gasteiger charge is -2.37. The molecule has 30 heavy (non-hydrogen) atoms. The van der Waals surface area contributed by atoms with Crippen LogP contribution in [0.15, 0.2) is 46.8 Å². The van der Waals surface area contributed by atoms with Crippen LogP contribution in [0.2, 0.25) is 0 Å². The first-order chi connectivity index (χ1) is 14.7. The van der Waals surface area contributed by atoms with Crippen molar-refractivity contribution in [3.8, 4) is 5.75 Å². The Morgan fingerprint density at radius 3 is 2.60 bits per heavy atom. The molecule has 0 radical (unpaired) electrons. The molecule has 1 aromatic carbocycles. The predicted molar refractivity (Wildman–Crippen MR) is 126 cm³/mol. The molecule has 0 saturated carbocycles. The van der Waals surface area contributed by atoms with E-state index in [1.54, 1.807) is 0 Å². The van der Waals surface area contributed by atoms with Crippen LogP contribution in [0.1, 0.15) is 37.1 Å². The van der Waals surface area contributed by atoms with Gasteiger partial charge in [0.15, 0.2) is 5.96 Å². The van der Waals surface area contributed by atoms with Gasteiger partial charge in [0.25, 0.3) is 0 Å². The molecule has 0 amide bonds. The topological polar surface area (TPSA) is 46.1 Å². The highest BCUT2D eigenvalue weighted by atomic mass is 32.1. The summed E-state index contributed by atoms with van der Waals surface area (Å²) in [5.74, 6) is 1.90. The Labute approximate surface area is 185 Å². The van der Waals surface area contributed by atoms with E-state index >= 15 is 0 Å². The number of nitrogens with one attached hydrogen (secondary N) is 1. The number of thiophene rings is 1. The predicted octanol–water partition coefficient (Wildman–Crippen LogP) is 4.34. The number of rotatable bonds is 9. The molecule has 0 spiro atoms. The van der Waals surface area contributed by atoms with Crippen LogP contribution in [0.5, 0.6) is 5.75 Å². The minimum atomic E-state index is 0.0122. The largest absolute Gasteiger partial charge is 0.494 e. The number of likely N-dealkylation sites (N-methyl/N-ethyl adjacent to an activating group) is 1. The number of hydrogen-bond acceptors (Lipinski definition) is 4. The molecule has 5 nitrogen and oxygen atoms in total. The maximum absolute atomic E-state index is 5.69. The Bertz CT molecular complexity index is 768. The van der Waals surface area contributed by atoms with Gasteiger partial charge >= 0.3 is 0 Å². The fourth-order valence-electron chi connectivity index (χ4n) is 3.91. The van der Waals surface area contributed by atoms with Crippen LogP contribution in [-0.2, 0) is 16.6 Å². The van der Waals surface area contributed by atoms with Gasteiger partial charge in [-0.2, -0.15) is 0 Å². The normalized spacial score (nSPS) is 16.3. The van der Waals surface area contributed by atoms with Gasteiger partial charge < -0.3 is 19.7 Å². The molecule has 164 valence electrons. The lowest BCUT2D eigenvalue weighted by molar-refractivity contribution is 0.0530. The maximum atomic E-state index is 5.69. The minimum absolute atomic E-state index is 0.0122. The molecule has 0 unspecified atom stereocenters. The van der Waals surface area contributed by atoms with Crippen molar-refractivity contribution in [1.29, 1.82) is 0 Å². The number of hydrogen-bond donors (Lipinski definition) is 1. The van der Waals surface area contributed by atoms with Crippen LogP contribution in [0.25, 0.3) is 0 Å². The number of guanidine groups is 1. The molecule has 0 bridgehead atoms. The Hall–Kier alpha value is -2.05. The molecule has 1 N–H and O–H groups in total. The van der Waals surface area contributed by atoms with Crippen LogP contribution >= 0.6 is 11.3 Å². The summed E-state index contributed by atoms with van der Waals surface area (Å²) in [6.07, 6.45) is 3.02. The number of nitrogens with zero attached hydrogens (tertiary/aromatic N) is 2. The van der Waals surface area contributed by atoms with E-state index in [1.807, 2.05) is 18.3 Å². The zero-order valence-corrected chi connectivity index (χ0v) is 19.3. The first-order valence-electron chi connectivity index (χ1n) is 11.0. The Morgan fingerprint density at radius 2 is 1.97 bits per heavy atom. The fourth-order valence-corrected chi connectivity index (χ4v) is 4.60. The van der Waals surface area contributed by atoms with Crippen LogP contribution in [0.4, 0.5) is 0 Å². The van der Waals surface area contributed by atoms with E-state index in [2.05, 4.69) is 66.0 Å². The van der Waals surface area contributed by atoms with Crippen molar-refractivity contribution in [2.75, 3.05) is 46.5 Å². The molecular weight excluding hydrogens is 394 g/mol. The Kier molecular flexibility index (Phi) is 8.58. The van der Waals surface area contributed by atoms with E-state index in [0.717, 1.165) is 63.8 Å². The van der Waals surface area contributed by atoms with E-state index in [1.165, 1.54) is 10.4 Å². The minimum Gasteiger partial charge on any atom is -0.494 e. The van der Waals surface area contributed by atoms with E-state index in [4.69, 9.17) is 14.5 Å². The maximum Gasteiger partial charge on any atom is 0.193 e. The van der Waals surface area contributed by atoms with Gasteiger partial charge in [0.1, 0.15) is 5.75 Å². The third-order valence-electron chi connectivity index (χ3n) is 5.73. The third-order valence-corrected chi connectivity index (χ3v) is 6.67. The zero-order chi connectivity index (χ0) is 21.2. The molecule has 6 heteroatoms. The second-order valence-electron chi connectivity index (χ2n) is 7.77. The van der Waals surface area contributed by atoms with Crippen molar-refractivity contribution < 1.29 is 9.47 Å². The molecular formula is C24H35N3O2S. The third kappa shape index (κ3) is 5.99. The molecule has 1 aliphatic heterocycles. The highest BCUT2D eigenvalue weighted by Crippen LogP contribution is 2.36. The molecule has 1 saturated heterocycles. The van der Waals surface area contributed by atoms with Gasteiger partial charge in [0.2, 0.25) is 0 Å². The number of benzene rings is 1. The van der Waals surface area contributed by atoms with Gasteiger partial charge in [0, 0.05) is 43.6 Å². The summed E-state index contributed by atoms with van der Waals surface area (Å²) in [5, 5.41) is 5.61. The van der Waals surface area contributed by atoms with Crippen molar-refractivity contribution in [2.45, 2.75) is 38.5 Å². The molecule has 0 atom stereocenters. The smallest absolute Gasteiger partial charge is 0.193 e. The Balaban J connectivity index is 1.74. The van der Waals surface area contributed by atoms with Gasteiger partial charge in [-0.05, 0) is 62.3 Å². The molecule has 2 heterocycles. The van der Waals surface area contributed by atoms with Crippen molar-refractivity contribution in [1.82, 2.24) is 10.2 Å². The molecule has 3 rings (SSSR count). The van der Waals surface area contributed by atoms with Gasteiger partial charge in [-0.3, -0.25) is 4.99 Å². The first-order valence-corrected chi connectivity index (χ1v) is 11.9. The summed E-state index contributed by atoms with van der Waals surface area (Å²) in [6, 6.07) is 12.9. The standard InChI is InChI=1S/C24H35N3O2S/c1-4-25-23(27(3)15-12-22-7-6-18-30-22)26-19-24(13-16-28-17-14-24)20-8-10-21(11-9-20)29-5-2/h6-11,18H,4-5,12-17,19H2,1-3H3,(H,25,26). The van der Waals surface area contributed by atoms with E-state index in [9.17, 15) is 0 Å². The van der Waals surface area contributed by atoms with Crippen molar-refractivity contribution in [3.05, 3.63) is 52.2 Å². The zero-order valence-electron chi connectivity index (χ0n) is 18.5. The number of aliphatic imine (C=N–C) groups is 1. The van der Waals surface area contributed by atoms with Gasteiger partial charge in [-0.15, -0.1) is 11.3 Å². The van der Waals surface area contributed by atoms with E-state index in [0.29, 0.717) is 6.61 Å². The molecule has 0 aliphatic carbocycles. The monoisotopic (exact) mass is 429 g/mol. The second-order valence-corrected chi connectivity index (χ2v) is 8.80. The molecule has 1 aliphatic rings. The van der Waals surface area contributed by atoms with Crippen molar-refractivity contribution in [3.63, 3.8) is 0 Å². The SMILES string of the molecule is CCNC(=NCC1(c2ccc(OCC)cc2)CCOCC1)N(C)CCc1cccs1. The summed E-state index contributed by atoms with van der Waals surface area (Å²) in [5.41, 5.74) is 1.34. The lowest BCUT2D eigenvalue weighted by Crippen LogP contribution is -2.42. The van der Waals surface area contributed by atoms with Crippen molar-refractivity contribution in [2.24, 2.45) is 4.99 Å². The van der Waals surface area contributed by atoms with Crippen molar-refractivity contribution >= 4 is 17.3 Å². The average molecular weight is 430 g/mol. The quantitative estimate of drug-likeness (QED) is 0.476. The van der Waals surface area contributed by atoms with Crippen LogP contribution < -0.4 is 10.1 Å².